The second kappa shape index (κ2) is 7.66. The van der Waals surface area contributed by atoms with E-state index < -0.39 is 0 Å². The SMILES string of the molecule is O=C(C(=NN=Cc1ccc2c(c1)OCO2)c1ccccc1)c1ccccc1. The van der Waals surface area contributed by atoms with Crippen molar-refractivity contribution in [2.75, 3.05) is 6.79 Å². The first-order chi connectivity index (χ1) is 13.3. The molecule has 5 nitrogen and oxygen atoms in total. The summed E-state index contributed by atoms with van der Waals surface area (Å²) in [4.78, 5) is 12.9. The first-order valence-corrected chi connectivity index (χ1v) is 8.47. The lowest BCUT2D eigenvalue weighted by Gasteiger charge is -2.04. The summed E-state index contributed by atoms with van der Waals surface area (Å²) >= 11 is 0. The number of benzene rings is 3. The van der Waals surface area contributed by atoms with Crippen molar-refractivity contribution < 1.29 is 14.3 Å². The molecular weight excluding hydrogens is 340 g/mol. The highest BCUT2D eigenvalue weighted by atomic mass is 16.7. The largest absolute Gasteiger partial charge is 0.454 e. The van der Waals surface area contributed by atoms with E-state index in [2.05, 4.69) is 10.2 Å². The fraction of sp³-hybridized carbons (Fsp3) is 0.0455. The molecule has 0 saturated heterocycles. The highest BCUT2D eigenvalue weighted by Crippen LogP contribution is 2.31. The molecule has 132 valence electrons. The van der Waals surface area contributed by atoms with Gasteiger partial charge in [-0.15, -0.1) is 5.10 Å². The van der Waals surface area contributed by atoms with E-state index >= 15 is 0 Å². The molecule has 0 saturated carbocycles. The van der Waals surface area contributed by atoms with E-state index in [0.29, 0.717) is 28.3 Å². The molecule has 1 aliphatic rings. The van der Waals surface area contributed by atoms with E-state index in [4.69, 9.17) is 9.47 Å². The van der Waals surface area contributed by atoms with Crippen molar-refractivity contribution in [3.63, 3.8) is 0 Å². The van der Waals surface area contributed by atoms with Gasteiger partial charge in [0.05, 0.1) is 6.21 Å². The van der Waals surface area contributed by atoms with E-state index in [1.54, 1.807) is 18.3 Å². The highest BCUT2D eigenvalue weighted by molar-refractivity contribution is 6.51. The van der Waals surface area contributed by atoms with Gasteiger partial charge in [0.1, 0.15) is 5.71 Å². The normalized spacial score (nSPS) is 13.1. The van der Waals surface area contributed by atoms with Crippen molar-refractivity contribution >= 4 is 17.7 Å². The van der Waals surface area contributed by atoms with Gasteiger partial charge in [-0.25, -0.2) is 0 Å². The molecule has 0 N–H and O–H groups in total. The first-order valence-electron chi connectivity index (χ1n) is 8.47. The molecular formula is C22H16N2O3. The average molecular weight is 356 g/mol. The second-order valence-electron chi connectivity index (χ2n) is 5.87. The number of fused-ring (bicyclic) bond motifs is 1. The van der Waals surface area contributed by atoms with E-state index in [1.807, 2.05) is 66.7 Å². The average Bonchev–Trinajstić information content (AvgIpc) is 3.20. The van der Waals surface area contributed by atoms with Crippen molar-refractivity contribution in [3.8, 4) is 11.5 Å². The van der Waals surface area contributed by atoms with Crippen molar-refractivity contribution in [1.29, 1.82) is 0 Å². The zero-order valence-electron chi connectivity index (χ0n) is 14.4. The van der Waals surface area contributed by atoms with Crippen molar-refractivity contribution in [3.05, 3.63) is 95.6 Å². The number of nitrogens with zero attached hydrogens (tertiary/aromatic N) is 2. The zero-order valence-corrected chi connectivity index (χ0v) is 14.4. The van der Waals surface area contributed by atoms with Crippen LogP contribution in [-0.2, 0) is 0 Å². The quantitative estimate of drug-likeness (QED) is 0.392. The molecule has 1 heterocycles. The van der Waals surface area contributed by atoms with Crippen LogP contribution in [0.5, 0.6) is 11.5 Å². The van der Waals surface area contributed by atoms with Crippen LogP contribution < -0.4 is 9.47 Å². The molecule has 3 aromatic carbocycles. The summed E-state index contributed by atoms with van der Waals surface area (Å²) in [5.41, 5.74) is 2.38. The molecule has 0 aliphatic carbocycles. The molecule has 0 aromatic heterocycles. The minimum absolute atomic E-state index is 0.176. The molecule has 4 rings (SSSR count). The van der Waals surface area contributed by atoms with Gasteiger partial charge in [0.2, 0.25) is 12.6 Å². The van der Waals surface area contributed by atoms with Crippen LogP contribution in [0, 0.1) is 0 Å². The number of hydrogen-bond donors (Lipinski definition) is 0. The number of Topliss-reactive ketones (excluding diaryl/α,β-unsaturated/α-hetero) is 1. The highest BCUT2D eigenvalue weighted by Gasteiger charge is 2.16. The van der Waals surface area contributed by atoms with Crippen LogP contribution in [0.25, 0.3) is 0 Å². The summed E-state index contributed by atoms with van der Waals surface area (Å²) in [7, 11) is 0. The van der Waals surface area contributed by atoms with Gasteiger partial charge in [0, 0.05) is 11.1 Å². The monoisotopic (exact) mass is 356 g/mol. The maximum absolute atomic E-state index is 12.9. The molecule has 0 amide bonds. The Morgan fingerprint density at radius 3 is 2.22 bits per heavy atom. The third kappa shape index (κ3) is 3.77. The molecule has 0 spiro atoms. The Bertz CT molecular complexity index is 1010. The van der Waals surface area contributed by atoms with Crippen LogP contribution in [0.2, 0.25) is 0 Å². The van der Waals surface area contributed by atoms with Crippen LogP contribution in [0.4, 0.5) is 0 Å². The second-order valence-corrected chi connectivity index (χ2v) is 5.87. The van der Waals surface area contributed by atoms with Crippen LogP contribution in [0.15, 0.2) is 89.1 Å². The number of ether oxygens (including phenoxy) is 2. The smallest absolute Gasteiger partial charge is 0.231 e. The Kier molecular flexibility index (Phi) is 4.74. The topological polar surface area (TPSA) is 60.2 Å². The number of carbonyl (C=O) groups is 1. The maximum Gasteiger partial charge on any atom is 0.231 e. The fourth-order valence-corrected chi connectivity index (χ4v) is 2.70. The Labute approximate surface area is 156 Å². The van der Waals surface area contributed by atoms with Crippen molar-refractivity contribution in [1.82, 2.24) is 0 Å². The maximum atomic E-state index is 12.9. The van der Waals surface area contributed by atoms with Gasteiger partial charge >= 0.3 is 0 Å². The van der Waals surface area contributed by atoms with E-state index in [9.17, 15) is 4.79 Å². The molecule has 0 bridgehead atoms. The Balaban J connectivity index is 1.65. The lowest BCUT2D eigenvalue weighted by Crippen LogP contribution is -2.15. The van der Waals surface area contributed by atoms with Gasteiger partial charge in [-0.2, -0.15) is 5.10 Å². The summed E-state index contributed by atoms with van der Waals surface area (Å²) in [6, 6.07) is 23.9. The molecule has 0 atom stereocenters. The summed E-state index contributed by atoms with van der Waals surface area (Å²) < 4.78 is 10.7. The Hall–Kier alpha value is -3.73. The van der Waals surface area contributed by atoms with Gasteiger partial charge in [0.15, 0.2) is 11.5 Å². The number of rotatable bonds is 5. The van der Waals surface area contributed by atoms with Crippen LogP contribution in [0.3, 0.4) is 0 Å². The number of ketones is 1. The zero-order chi connectivity index (χ0) is 18.5. The molecule has 0 fully saturated rings. The molecule has 27 heavy (non-hydrogen) atoms. The minimum Gasteiger partial charge on any atom is -0.454 e. The third-order valence-electron chi connectivity index (χ3n) is 4.06. The minimum atomic E-state index is -0.176. The van der Waals surface area contributed by atoms with E-state index in [1.165, 1.54) is 0 Å². The predicted octanol–water partition coefficient (Wildman–Crippen LogP) is 4.12. The standard InChI is InChI=1S/C22H16N2O3/c25-22(18-9-5-2-6-10-18)21(17-7-3-1-4-8-17)24-23-14-16-11-12-19-20(13-16)27-15-26-19/h1-14H,15H2. The third-order valence-corrected chi connectivity index (χ3v) is 4.06. The summed E-state index contributed by atoms with van der Waals surface area (Å²) in [5, 5.41) is 8.36. The molecule has 0 unspecified atom stereocenters. The van der Waals surface area contributed by atoms with Crippen LogP contribution in [0.1, 0.15) is 21.5 Å². The number of hydrogen-bond acceptors (Lipinski definition) is 5. The lowest BCUT2D eigenvalue weighted by atomic mass is 10.0. The predicted molar refractivity (Wildman–Crippen MR) is 104 cm³/mol. The lowest BCUT2D eigenvalue weighted by molar-refractivity contribution is 0.106. The van der Waals surface area contributed by atoms with Gasteiger partial charge < -0.3 is 9.47 Å². The number of carbonyl (C=O) groups excluding carboxylic acids is 1. The molecule has 5 heteroatoms. The Morgan fingerprint density at radius 1 is 0.815 bits per heavy atom. The van der Waals surface area contributed by atoms with Crippen molar-refractivity contribution in [2.24, 2.45) is 10.2 Å². The molecule has 3 aromatic rings. The van der Waals surface area contributed by atoms with Gasteiger partial charge in [0.25, 0.3) is 0 Å². The summed E-state index contributed by atoms with van der Waals surface area (Å²) in [6.07, 6.45) is 1.59. The van der Waals surface area contributed by atoms with Crippen LogP contribution >= 0.6 is 0 Å². The van der Waals surface area contributed by atoms with E-state index in [-0.39, 0.29) is 12.6 Å². The molecule has 1 aliphatic heterocycles. The van der Waals surface area contributed by atoms with Gasteiger partial charge in [-0.1, -0.05) is 60.7 Å². The fourth-order valence-electron chi connectivity index (χ4n) is 2.70. The summed E-state index contributed by atoms with van der Waals surface area (Å²) in [6.45, 7) is 0.220. The first kappa shape index (κ1) is 16.7. The van der Waals surface area contributed by atoms with Crippen molar-refractivity contribution in [2.45, 2.75) is 0 Å². The summed E-state index contributed by atoms with van der Waals surface area (Å²) in [5.74, 6) is 1.20. The van der Waals surface area contributed by atoms with E-state index in [0.717, 1.165) is 5.56 Å². The van der Waals surface area contributed by atoms with Gasteiger partial charge in [-0.3, -0.25) is 4.79 Å². The molecule has 0 radical (unpaired) electrons. The Morgan fingerprint density at radius 2 is 1.48 bits per heavy atom. The van der Waals surface area contributed by atoms with Crippen LogP contribution in [-0.4, -0.2) is 24.5 Å². The van der Waals surface area contributed by atoms with Gasteiger partial charge in [-0.05, 0) is 23.8 Å².